The standard InChI is InChI=1S/C13H10ClN3O2/c14-11-2-1-9(7-10(11)12(15)18)17-13(19)8-3-5-16-6-4-8/h1-7H,(H2,15,18)(H,17,19). The number of carbonyl (C=O) groups is 2. The highest BCUT2D eigenvalue weighted by Crippen LogP contribution is 2.20. The molecule has 2 aromatic rings. The van der Waals surface area contributed by atoms with Crippen LogP contribution in [0.4, 0.5) is 5.69 Å². The molecule has 0 unspecified atom stereocenters. The van der Waals surface area contributed by atoms with Crippen LogP contribution in [0.5, 0.6) is 0 Å². The van der Waals surface area contributed by atoms with E-state index in [9.17, 15) is 9.59 Å². The van der Waals surface area contributed by atoms with E-state index >= 15 is 0 Å². The number of aromatic nitrogens is 1. The van der Waals surface area contributed by atoms with Crippen molar-refractivity contribution in [2.24, 2.45) is 5.73 Å². The minimum atomic E-state index is -0.648. The highest BCUT2D eigenvalue weighted by molar-refractivity contribution is 6.34. The number of nitrogens with two attached hydrogens (primary N) is 1. The van der Waals surface area contributed by atoms with Crippen molar-refractivity contribution >= 4 is 29.1 Å². The van der Waals surface area contributed by atoms with Gasteiger partial charge in [-0.15, -0.1) is 0 Å². The molecule has 0 atom stereocenters. The molecule has 0 saturated heterocycles. The van der Waals surface area contributed by atoms with E-state index in [1.807, 2.05) is 0 Å². The molecule has 3 N–H and O–H groups in total. The van der Waals surface area contributed by atoms with Gasteiger partial charge in [0.15, 0.2) is 0 Å². The highest BCUT2D eigenvalue weighted by Gasteiger charge is 2.10. The summed E-state index contributed by atoms with van der Waals surface area (Å²) in [6, 6.07) is 7.70. The van der Waals surface area contributed by atoms with Crippen LogP contribution in [-0.2, 0) is 0 Å². The molecule has 0 aliphatic rings. The number of amides is 2. The molecule has 1 heterocycles. The number of halogens is 1. The lowest BCUT2D eigenvalue weighted by atomic mass is 10.2. The fraction of sp³-hybridized carbons (Fsp3) is 0. The lowest BCUT2D eigenvalue weighted by Crippen LogP contribution is -2.15. The molecule has 19 heavy (non-hydrogen) atoms. The number of anilines is 1. The summed E-state index contributed by atoms with van der Waals surface area (Å²) in [5.74, 6) is -0.954. The maximum atomic E-state index is 11.9. The van der Waals surface area contributed by atoms with E-state index in [1.165, 1.54) is 24.5 Å². The van der Waals surface area contributed by atoms with Gasteiger partial charge < -0.3 is 11.1 Å². The van der Waals surface area contributed by atoms with Crippen molar-refractivity contribution in [1.82, 2.24) is 4.98 Å². The summed E-state index contributed by atoms with van der Waals surface area (Å²) in [5, 5.41) is 2.89. The van der Waals surface area contributed by atoms with Crippen molar-refractivity contribution in [3.63, 3.8) is 0 Å². The fourth-order valence-corrected chi connectivity index (χ4v) is 1.71. The van der Waals surface area contributed by atoms with E-state index in [1.54, 1.807) is 18.2 Å². The minimum absolute atomic E-state index is 0.161. The summed E-state index contributed by atoms with van der Waals surface area (Å²) in [4.78, 5) is 26.9. The van der Waals surface area contributed by atoms with Crippen molar-refractivity contribution in [1.29, 1.82) is 0 Å². The summed E-state index contributed by atoms with van der Waals surface area (Å²) < 4.78 is 0. The molecule has 0 fully saturated rings. The van der Waals surface area contributed by atoms with Crippen LogP contribution in [0.3, 0.4) is 0 Å². The fourth-order valence-electron chi connectivity index (χ4n) is 1.50. The van der Waals surface area contributed by atoms with E-state index in [-0.39, 0.29) is 16.5 Å². The molecular formula is C13H10ClN3O2. The van der Waals surface area contributed by atoms with E-state index in [2.05, 4.69) is 10.3 Å². The lowest BCUT2D eigenvalue weighted by Gasteiger charge is -2.07. The number of primary amides is 1. The molecule has 5 nitrogen and oxygen atoms in total. The Bertz CT molecular complexity index is 629. The van der Waals surface area contributed by atoms with Gasteiger partial charge in [-0.05, 0) is 30.3 Å². The van der Waals surface area contributed by atoms with Crippen LogP contribution in [-0.4, -0.2) is 16.8 Å². The van der Waals surface area contributed by atoms with Gasteiger partial charge in [-0.2, -0.15) is 0 Å². The van der Waals surface area contributed by atoms with Gasteiger partial charge in [-0.25, -0.2) is 0 Å². The Labute approximate surface area is 114 Å². The van der Waals surface area contributed by atoms with Crippen LogP contribution >= 0.6 is 11.6 Å². The summed E-state index contributed by atoms with van der Waals surface area (Å²) >= 11 is 5.82. The maximum absolute atomic E-state index is 11.9. The molecule has 0 bridgehead atoms. The summed E-state index contributed by atoms with van der Waals surface area (Å²) in [7, 11) is 0. The van der Waals surface area contributed by atoms with Crippen LogP contribution in [0.15, 0.2) is 42.7 Å². The monoisotopic (exact) mass is 275 g/mol. The maximum Gasteiger partial charge on any atom is 0.255 e. The van der Waals surface area contributed by atoms with Gasteiger partial charge in [0, 0.05) is 23.6 Å². The molecule has 0 aliphatic heterocycles. The molecule has 0 spiro atoms. The predicted octanol–water partition coefficient (Wildman–Crippen LogP) is 2.09. The number of carbonyl (C=O) groups excluding carboxylic acids is 2. The van der Waals surface area contributed by atoms with Gasteiger partial charge in [0.25, 0.3) is 5.91 Å². The van der Waals surface area contributed by atoms with Crippen molar-refractivity contribution in [2.75, 3.05) is 5.32 Å². The highest BCUT2D eigenvalue weighted by atomic mass is 35.5. The van der Waals surface area contributed by atoms with Crippen molar-refractivity contribution in [3.05, 3.63) is 58.9 Å². The average molecular weight is 276 g/mol. The first kappa shape index (κ1) is 13.0. The third-order valence-electron chi connectivity index (χ3n) is 2.43. The summed E-state index contributed by atoms with van der Waals surface area (Å²) in [5.41, 5.74) is 6.25. The van der Waals surface area contributed by atoms with Gasteiger partial charge in [0.2, 0.25) is 5.91 Å². The number of pyridine rings is 1. The van der Waals surface area contributed by atoms with Crippen molar-refractivity contribution in [3.8, 4) is 0 Å². The Balaban J connectivity index is 2.23. The van der Waals surface area contributed by atoms with Gasteiger partial charge in [-0.3, -0.25) is 14.6 Å². The zero-order valence-electron chi connectivity index (χ0n) is 9.76. The smallest absolute Gasteiger partial charge is 0.255 e. The number of hydrogen-bond acceptors (Lipinski definition) is 3. The SMILES string of the molecule is NC(=O)c1cc(NC(=O)c2ccncc2)ccc1Cl. The molecule has 96 valence electrons. The molecule has 0 radical (unpaired) electrons. The van der Waals surface area contributed by atoms with Crippen LogP contribution in [0.1, 0.15) is 20.7 Å². The van der Waals surface area contributed by atoms with Crippen LogP contribution in [0.25, 0.3) is 0 Å². The number of benzene rings is 1. The van der Waals surface area contributed by atoms with E-state index in [4.69, 9.17) is 17.3 Å². The Morgan fingerprint density at radius 1 is 1.16 bits per heavy atom. The molecule has 2 rings (SSSR count). The number of nitrogens with zero attached hydrogens (tertiary/aromatic N) is 1. The molecule has 2 amide bonds. The van der Waals surface area contributed by atoms with Crippen molar-refractivity contribution < 1.29 is 9.59 Å². The second-order valence-corrected chi connectivity index (χ2v) is 4.16. The first-order valence-corrected chi connectivity index (χ1v) is 5.76. The second kappa shape index (κ2) is 5.49. The topological polar surface area (TPSA) is 85.1 Å². The quantitative estimate of drug-likeness (QED) is 0.899. The Morgan fingerprint density at radius 3 is 2.47 bits per heavy atom. The van der Waals surface area contributed by atoms with Gasteiger partial charge in [0.1, 0.15) is 0 Å². The number of nitrogens with one attached hydrogen (secondary N) is 1. The molecule has 0 saturated carbocycles. The Hall–Kier alpha value is -2.40. The zero-order chi connectivity index (χ0) is 13.8. The first-order valence-electron chi connectivity index (χ1n) is 5.38. The molecule has 1 aromatic carbocycles. The van der Waals surface area contributed by atoms with Crippen LogP contribution in [0.2, 0.25) is 5.02 Å². The summed E-state index contributed by atoms with van der Waals surface area (Å²) in [6.45, 7) is 0. The third-order valence-corrected chi connectivity index (χ3v) is 2.76. The molecule has 1 aromatic heterocycles. The van der Waals surface area contributed by atoms with E-state index < -0.39 is 5.91 Å². The third kappa shape index (κ3) is 3.08. The van der Waals surface area contributed by atoms with Gasteiger partial charge >= 0.3 is 0 Å². The first-order chi connectivity index (χ1) is 9.08. The van der Waals surface area contributed by atoms with Crippen LogP contribution < -0.4 is 11.1 Å². The average Bonchev–Trinajstić information content (AvgIpc) is 2.41. The van der Waals surface area contributed by atoms with Crippen molar-refractivity contribution in [2.45, 2.75) is 0 Å². The Morgan fingerprint density at radius 2 is 1.84 bits per heavy atom. The largest absolute Gasteiger partial charge is 0.366 e. The number of hydrogen-bond donors (Lipinski definition) is 2. The molecule has 6 heteroatoms. The van der Waals surface area contributed by atoms with E-state index in [0.717, 1.165) is 0 Å². The van der Waals surface area contributed by atoms with Gasteiger partial charge in [-0.1, -0.05) is 11.6 Å². The normalized spacial score (nSPS) is 9.95. The number of rotatable bonds is 3. The van der Waals surface area contributed by atoms with E-state index in [0.29, 0.717) is 11.3 Å². The van der Waals surface area contributed by atoms with Gasteiger partial charge in [0.05, 0.1) is 10.6 Å². The van der Waals surface area contributed by atoms with Crippen LogP contribution in [0, 0.1) is 0 Å². The zero-order valence-corrected chi connectivity index (χ0v) is 10.5. The minimum Gasteiger partial charge on any atom is -0.366 e. The molecule has 0 aliphatic carbocycles. The Kier molecular flexibility index (Phi) is 3.77. The molecular weight excluding hydrogens is 266 g/mol. The lowest BCUT2D eigenvalue weighted by molar-refractivity contribution is 0.0996. The predicted molar refractivity (Wildman–Crippen MR) is 72.2 cm³/mol. The summed E-state index contributed by atoms with van der Waals surface area (Å²) in [6.07, 6.45) is 3.04. The second-order valence-electron chi connectivity index (χ2n) is 3.75.